The van der Waals surface area contributed by atoms with Crippen LogP contribution in [-0.2, 0) is 22.4 Å². The molecule has 7 heteroatoms. The number of hydrogen-bond acceptors (Lipinski definition) is 4. The van der Waals surface area contributed by atoms with Crippen molar-refractivity contribution in [3.63, 3.8) is 0 Å². The molecule has 0 aliphatic heterocycles. The van der Waals surface area contributed by atoms with Gasteiger partial charge in [0.25, 0.3) is 5.91 Å². The number of H-pyrrole nitrogens is 2. The van der Waals surface area contributed by atoms with Crippen molar-refractivity contribution >= 4 is 22.8 Å². The maximum absolute atomic E-state index is 12.2. The van der Waals surface area contributed by atoms with E-state index in [0.717, 1.165) is 35.1 Å². The van der Waals surface area contributed by atoms with Crippen molar-refractivity contribution in [1.29, 1.82) is 0 Å². The summed E-state index contributed by atoms with van der Waals surface area (Å²) in [7, 11) is 1.29. The minimum absolute atomic E-state index is 0.147. The van der Waals surface area contributed by atoms with E-state index in [-0.39, 0.29) is 12.5 Å². The third-order valence-electron chi connectivity index (χ3n) is 4.40. The molecule has 0 radical (unpaired) electrons. The van der Waals surface area contributed by atoms with Gasteiger partial charge >= 0.3 is 5.97 Å². The number of rotatable bonds is 3. The molecule has 0 unspecified atom stereocenters. The van der Waals surface area contributed by atoms with Crippen LogP contribution >= 0.6 is 0 Å². The highest BCUT2D eigenvalue weighted by molar-refractivity contribution is 6.01. The van der Waals surface area contributed by atoms with Crippen molar-refractivity contribution in [2.45, 2.75) is 12.8 Å². The smallest absolute Gasteiger partial charge is 0.325 e. The average molecular weight is 324 g/mol. The molecule has 122 valence electrons. The van der Waals surface area contributed by atoms with Gasteiger partial charge in [0, 0.05) is 16.5 Å². The molecule has 3 N–H and O–H groups in total. The van der Waals surface area contributed by atoms with Crippen molar-refractivity contribution in [3.05, 3.63) is 41.1 Å². The van der Waals surface area contributed by atoms with Crippen LogP contribution < -0.4 is 5.32 Å². The van der Waals surface area contributed by atoms with E-state index in [1.807, 2.05) is 12.3 Å². The number of amides is 1. The van der Waals surface area contributed by atoms with E-state index in [0.29, 0.717) is 5.56 Å². The minimum atomic E-state index is -0.480. The number of methoxy groups -OCH3 is 1. The van der Waals surface area contributed by atoms with E-state index in [4.69, 9.17) is 0 Å². The number of aromatic amines is 2. The van der Waals surface area contributed by atoms with E-state index < -0.39 is 5.97 Å². The quantitative estimate of drug-likeness (QED) is 0.637. The molecular formula is C17H16N4O3. The topological polar surface area (TPSA) is 99.9 Å². The number of benzene rings is 1. The van der Waals surface area contributed by atoms with Gasteiger partial charge in [-0.3, -0.25) is 14.7 Å². The van der Waals surface area contributed by atoms with Crippen LogP contribution in [0.2, 0.25) is 0 Å². The summed E-state index contributed by atoms with van der Waals surface area (Å²) in [6.07, 6.45) is 3.75. The van der Waals surface area contributed by atoms with Crippen LogP contribution in [0, 0.1) is 0 Å². The molecular weight excluding hydrogens is 308 g/mol. The number of fused-ring (bicyclic) bond motifs is 5. The second-order valence-electron chi connectivity index (χ2n) is 5.77. The lowest BCUT2D eigenvalue weighted by atomic mass is 9.94. The lowest BCUT2D eigenvalue weighted by molar-refractivity contribution is -0.139. The lowest BCUT2D eigenvalue weighted by Crippen LogP contribution is -2.30. The van der Waals surface area contributed by atoms with Crippen LogP contribution in [0.4, 0.5) is 0 Å². The molecule has 1 amide bonds. The number of carbonyl (C=O) groups excluding carboxylic acids is 2. The second-order valence-corrected chi connectivity index (χ2v) is 5.77. The maximum Gasteiger partial charge on any atom is 0.325 e. The molecule has 0 saturated carbocycles. The second kappa shape index (κ2) is 5.52. The highest BCUT2D eigenvalue weighted by atomic mass is 16.5. The van der Waals surface area contributed by atoms with Crippen molar-refractivity contribution in [2.75, 3.05) is 13.7 Å². The molecule has 2 aromatic heterocycles. The van der Waals surface area contributed by atoms with Gasteiger partial charge in [-0.1, -0.05) is 6.07 Å². The van der Waals surface area contributed by atoms with E-state index in [1.54, 1.807) is 12.1 Å². The van der Waals surface area contributed by atoms with Crippen LogP contribution in [0.3, 0.4) is 0 Å². The first-order chi connectivity index (χ1) is 11.7. The zero-order chi connectivity index (χ0) is 16.7. The fourth-order valence-electron chi connectivity index (χ4n) is 3.17. The zero-order valence-electron chi connectivity index (χ0n) is 13.1. The molecule has 0 atom stereocenters. The standard InChI is InChI=1S/C17H16N4O3/c1-24-14(22)8-18-17(23)9-2-4-11-12-5-3-10-7-19-21-15(10)16(12)20-13(11)6-9/h2,4,6-7,20H,3,5,8H2,1H3,(H,18,23)(H,19,21). The summed E-state index contributed by atoms with van der Waals surface area (Å²) in [5.74, 6) is -0.788. The maximum atomic E-state index is 12.2. The van der Waals surface area contributed by atoms with Gasteiger partial charge in [-0.2, -0.15) is 5.10 Å². The Labute approximate surface area is 137 Å². The third-order valence-corrected chi connectivity index (χ3v) is 4.40. The average Bonchev–Trinajstić information content (AvgIpc) is 3.22. The molecule has 4 rings (SSSR count). The molecule has 2 heterocycles. The number of nitrogens with one attached hydrogen (secondary N) is 3. The van der Waals surface area contributed by atoms with Gasteiger partial charge in [-0.15, -0.1) is 0 Å². The Morgan fingerprint density at radius 3 is 3.00 bits per heavy atom. The van der Waals surface area contributed by atoms with Crippen molar-refractivity contribution < 1.29 is 14.3 Å². The first-order valence-corrected chi connectivity index (χ1v) is 7.69. The summed E-state index contributed by atoms with van der Waals surface area (Å²) < 4.78 is 4.52. The number of nitrogens with zero attached hydrogens (tertiary/aromatic N) is 1. The van der Waals surface area contributed by atoms with Gasteiger partial charge in [-0.25, -0.2) is 0 Å². The number of esters is 1. The van der Waals surface area contributed by atoms with E-state index >= 15 is 0 Å². The molecule has 0 spiro atoms. The van der Waals surface area contributed by atoms with Gasteiger partial charge in [0.15, 0.2) is 0 Å². The van der Waals surface area contributed by atoms with Crippen LogP contribution in [0.15, 0.2) is 24.4 Å². The summed E-state index contributed by atoms with van der Waals surface area (Å²) in [5.41, 5.74) is 5.89. The lowest BCUT2D eigenvalue weighted by Gasteiger charge is -2.11. The number of ether oxygens (including phenoxy) is 1. The number of hydrogen-bond donors (Lipinski definition) is 3. The molecule has 0 bridgehead atoms. The van der Waals surface area contributed by atoms with Crippen LogP contribution in [0.5, 0.6) is 0 Å². The highest BCUT2D eigenvalue weighted by Gasteiger charge is 2.22. The van der Waals surface area contributed by atoms with Crippen molar-refractivity contribution in [1.82, 2.24) is 20.5 Å². The monoisotopic (exact) mass is 324 g/mol. The van der Waals surface area contributed by atoms with Crippen LogP contribution in [-0.4, -0.2) is 40.7 Å². The summed E-state index contributed by atoms with van der Waals surface area (Å²) >= 11 is 0. The van der Waals surface area contributed by atoms with Gasteiger partial charge in [0.05, 0.1) is 24.7 Å². The molecule has 1 aliphatic carbocycles. The summed E-state index contributed by atoms with van der Waals surface area (Å²) in [4.78, 5) is 26.7. The third kappa shape index (κ3) is 2.25. The van der Waals surface area contributed by atoms with Crippen molar-refractivity contribution in [2.24, 2.45) is 0 Å². The Hall–Kier alpha value is -3.09. The van der Waals surface area contributed by atoms with Gasteiger partial charge < -0.3 is 15.0 Å². The Kier molecular flexibility index (Phi) is 3.34. The molecule has 0 fully saturated rings. The van der Waals surface area contributed by atoms with Crippen LogP contribution in [0.25, 0.3) is 22.3 Å². The largest absolute Gasteiger partial charge is 0.468 e. The molecule has 0 saturated heterocycles. The number of aromatic nitrogens is 3. The molecule has 7 nitrogen and oxygen atoms in total. The Morgan fingerprint density at radius 1 is 1.29 bits per heavy atom. The predicted molar refractivity (Wildman–Crippen MR) is 87.6 cm³/mol. The number of aryl methyl sites for hydroxylation is 2. The van der Waals surface area contributed by atoms with E-state index in [9.17, 15) is 9.59 Å². The van der Waals surface area contributed by atoms with Crippen molar-refractivity contribution in [3.8, 4) is 11.4 Å². The van der Waals surface area contributed by atoms with E-state index in [1.165, 1.54) is 18.2 Å². The predicted octanol–water partition coefficient (Wildman–Crippen LogP) is 1.56. The van der Waals surface area contributed by atoms with Gasteiger partial charge in [-0.05, 0) is 36.1 Å². The number of carbonyl (C=O) groups is 2. The SMILES string of the molecule is COC(=O)CNC(=O)c1ccc2c3c([nH]c2c1)-c1[nH]ncc1CC3. The van der Waals surface area contributed by atoms with Crippen LogP contribution in [0.1, 0.15) is 21.5 Å². The fourth-order valence-corrected chi connectivity index (χ4v) is 3.17. The highest BCUT2D eigenvalue weighted by Crippen LogP contribution is 2.36. The normalized spacial score (nSPS) is 12.5. The summed E-state index contributed by atoms with van der Waals surface area (Å²) in [6.45, 7) is -0.147. The summed E-state index contributed by atoms with van der Waals surface area (Å²) in [5, 5.41) is 10.8. The van der Waals surface area contributed by atoms with Gasteiger partial charge in [0.1, 0.15) is 6.54 Å². The van der Waals surface area contributed by atoms with E-state index in [2.05, 4.69) is 25.2 Å². The Balaban J connectivity index is 1.68. The zero-order valence-corrected chi connectivity index (χ0v) is 13.1. The Morgan fingerprint density at radius 2 is 2.17 bits per heavy atom. The molecule has 24 heavy (non-hydrogen) atoms. The minimum Gasteiger partial charge on any atom is -0.468 e. The molecule has 3 aromatic rings. The molecule has 1 aromatic carbocycles. The Bertz CT molecular complexity index is 954. The first kappa shape index (κ1) is 14.5. The fraction of sp³-hybridized carbons (Fsp3) is 0.235. The molecule has 1 aliphatic rings. The first-order valence-electron chi connectivity index (χ1n) is 7.69. The summed E-state index contributed by atoms with van der Waals surface area (Å²) in [6, 6.07) is 5.51. The van der Waals surface area contributed by atoms with Gasteiger partial charge in [0.2, 0.25) is 0 Å².